The number of anilines is 2. The van der Waals surface area contributed by atoms with E-state index in [9.17, 15) is 4.79 Å². The molecule has 1 fully saturated rings. The predicted molar refractivity (Wildman–Crippen MR) is 113 cm³/mol. The Labute approximate surface area is 168 Å². The van der Waals surface area contributed by atoms with Crippen molar-refractivity contribution in [2.45, 2.75) is 46.5 Å². The Kier molecular flexibility index (Phi) is 6.29. The number of ether oxygens (including phenoxy) is 1. The highest BCUT2D eigenvalue weighted by Gasteiger charge is 2.48. The lowest BCUT2D eigenvalue weighted by molar-refractivity contribution is -0.223. The lowest BCUT2D eigenvalue weighted by Gasteiger charge is -2.54. The van der Waals surface area contributed by atoms with Crippen LogP contribution in [0.5, 0.6) is 0 Å². The smallest absolute Gasteiger partial charge is 0.260 e. The quantitative estimate of drug-likeness (QED) is 0.778. The molecule has 1 amide bonds. The molecule has 156 valence electrons. The van der Waals surface area contributed by atoms with E-state index in [1.54, 1.807) is 5.01 Å². The fraction of sp³-hybridized carbons (Fsp3) is 0.667. The molecule has 7 nitrogen and oxygen atoms in total. The van der Waals surface area contributed by atoms with Crippen LogP contribution in [0.4, 0.5) is 11.4 Å². The molecule has 0 saturated carbocycles. The molecule has 2 aliphatic heterocycles. The molecule has 1 aromatic rings. The Morgan fingerprint density at radius 1 is 1.25 bits per heavy atom. The van der Waals surface area contributed by atoms with E-state index in [2.05, 4.69) is 44.8 Å². The molecular formula is C21H35N5O2. The molecule has 2 unspecified atom stereocenters. The molecule has 0 spiro atoms. The maximum atomic E-state index is 12.9. The number of hydrazine groups is 1. The zero-order chi connectivity index (χ0) is 20.5. The average Bonchev–Trinajstić information content (AvgIpc) is 2.63. The fourth-order valence-corrected chi connectivity index (χ4v) is 4.14. The number of benzene rings is 1. The van der Waals surface area contributed by atoms with E-state index < -0.39 is 11.9 Å². The SMILES string of the molecule is CC(C)CN(CC(C)C)C1(C)OCCN(N2C(=O)CNc3ccccc32)C1N. The number of nitrogens with two attached hydrogens (primary N) is 1. The van der Waals surface area contributed by atoms with Gasteiger partial charge in [-0.2, -0.15) is 5.01 Å². The van der Waals surface area contributed by atoms with E-state index in [4.69, 9.17) is 10.5 Å². The average molecular weight is 390 g/mol. The van der Waals surface area contributed by atoms with Crippen molar-refractivity contribution in [3.8, 4) is 0 Å². The Morgan fingerprint density at radius 2 is 1.89 bits per heavy atom. The number of nitrogens with zero attached hydrogens (tertiary/aromatic N) is 3. The van der Waals surface area contributed by atoms with Gasteiger partial charge in [0.25, 0.3) is 5.91 Å². The highest BCUT2D eigenvalue weighted by Crippen LogP contribution is 2.35. The van der Waals surface area contributed by atoms with Crippen LogP contribution in [0.15, 0.2) is 24.3 Å². The minimum atomic E-state index is -0.674. The highest BCUT2D eigenvalue weighted by atomic mass is 16.5. The Morgan fingerprint density at radius 3 is 2.54 bits per heavy atom. The van der Waals surface area contributed by atoms with Gasteiger partial charge in [-0.3, -0.25) is 9.69 Å². The van der Waals surface area contributed by atoms with Crippen molar-refractivity contribution in [3.05, 3.63) is 24.3 Å². The van der Waals surface area contributed by atoms with Crippen molar-refractivity contribution in [2.24, 2.45) is 17.6 Å². The summed E-state index contributed by atoms with van der Waals surface area (Å²) in [4.78, 5) is 15.2. The van der Waals surface area contributed by atoms with Gasteiger partial charge < -0.3 is 15.8 Å². The first kappa shape index (κ1) is 21.0. The zero-order valence-electron chi connectivity index (χ0n) is 17.8. The molecule has 0 radical (unpaired) electrons. The zero-order valence-corrected chi connectivity index (χ0v) is 17.8. The van der Waals surface area contributed by atoms with Gasteiger partial charge in [-0.15, -0.1) is 0 Å². The van der Waals surface area contributed by atoms with Gasteiger partial charge in [-0.25, -0.2) is 5.01 Å². The molecule has 3 N–H and O–H groups in total. The summed E-state index contributed by atoms with van der Waals surface area (Å²) in [5.74, 6) is 0.976. The van der Waals surface area contributed by atoms with Crippen molar-refractivity contribution < 1.29 is 9.53 Å². The van der Waals surface area contributed by atoms with Crippen molar-refractivity contribution in [1.82, 2.24) is 9.91 Å². The Hall–Kier alpha value is -1.67. The van der Waals surface area contributed by atoms with Crippen molar-refractivity contribution >= 4 is 17.3 Å². The van der Waals surface area contributed by atoms with Crippen molar-refractivity contribution in [3.63, 3.8) is 0 Å². The summed E-state index contributed by atoms with van der Waals surface area (Å²) in [7, 11) is 0. The maximum Gasteiger partial charge on any atom is 0.260 e. The van der Waals surface area contributed by atoms with E-state index >= 15 is 0 Å². The van der Waals surface area contributed by atoms with Crippen molar-refractivity contribution in [1.29, 1.82) is 0 Å². The third-order valence-electron chi connectivity index (χ3n) is 5.44. The number of para-hydroxylation sites is 2. The lowest BCUT2D eigenvalue weighted by atomic mass is 10.0. The minimum Gasteiger partial charge on any atom is -0.374 e. The van der Waals surface area contributed by atoms with Crippen LogP contribution in [-0.2, 0) is 9.53 Å². The van der Waals surface area contributed by atoms with Crippen LogP contribution in [0.25, 0.3) is 0 Å². The van der Waals surface area contributed by atoms with Gasteiger partial charge in [0.2, 0.25) is 0 Å². The van der Waals surface area contributed by atoms with Crippen LogP contribution in [-0.4, -0.2) is 60.5 Å². The van der Waals surface area contributed by atoms with Gasteiger partial charge in [0.05, 0.1) is 24.5 Å². The number of hydrogen-bond acceptors (Lipinski definition) is 6. The fourth-order valence-electron chi connectivity index (χ4n) is 4.14. The van der Waals surface area contributed by atoms with Crippen LogP contribution < -0.4 is 16.1 Å². The van der Waals surface area contributed by atoms with Gasteiger partial charge in [-0.1, -0.05) is 39.8 Å². The van der Waals surface area contributed by atoms with Gasteiger partial charge in [0.1, 0.15) is 11.9 Å². The second-order valence-electron chi connectivity index (χ2n) is 8.78. The first-order valence-electron chi connectivity index (χ1n) is 10.3. The third-order valence-corrected chi connectivity index (χ3v) is 5.44. The molecule has 0 aliphatic carbocycles. The molecule has 0 bridgehead atoms. The molecular weight excluding hydrogens is 354 g/mol. The van der Waals surface area contributed by atoms with Gasteiger partial charge in [-0.05, 0) is 30.9 Å². The van der Waals surface area contributed by atoms with E-state index in [0.29, 0.717) is 25.0 Å². The summed E-state index contributed by atoms with van der Waals surface area (Å²) in [5.41, 5.74) is 7.92. The van der Waals surface area contributed by atoms with Crippen LogP contribution in [0, 0.1) is 11.8 Å². The summed E-state index contributed by atoms with van der Waals surface area (Å²) in [5, 5.41) is 6.93. The molecule has 1 saturated heterocycles. The number of hydrogen-bond donors (Lipinski definition) is 2. The summed E-state index contributed by atoms with van der Waals surface area (Å²) in [6.45, 7) is 14.0. The second kappa shape index (κ2) is 8.37. The molecule has 1 aromatic carbocycles. The summed E-state index contributed by atoms with van der Waals surface area (Å²) < 4.78 is 6.29. The van der Waals surface area contributed by atoms with Crippen LogP contribution in [0.1, 0.15) is 34.6 Å². The number of amides is 1. The molecule has 0 aromatic heterocycles. The van der Waals surface area contributed by atoms with Crippen molar-refractivity contribution in [2.75, 3.05) is 43.1 Å². The predicted octanol–water partition coefficient (Wildman–Crippen LogP) is 2.31. The molecule has 2 heterocycles. The van der Waals surface area contributed by atoms with Crippen LogP contribution in [0.3, 0.4) is 0 Å². The molecule has 28 heavy (non-hydrogen) atoms. The molecule has 7 heteroatoms. The van der Waals surface area contributed by atoms with Gasteiger partial charge in [0.15, 0.2) is 0 Å². The minimum absolute atomic E-state index is 0.00216. The first-order valence-corrected chi connectivity index (χ1v) is 10.3. The van der Waals surface area contributed by atoms with E-state index in [-0.39, 0.29) is 12.5 Å². The Balaban J connectivity index is 1.93. The van der Waals surface area contributed by atoms with E-state index in [1.807, 2.05) is 29.3 Å². The third kappa shape index (κ3) is 4.03. The van der Waals surface area contributed by atoms with Gasteiger partial charge >= 0.3 is 0 Å². The monoisotopic (exact) mass is 389 g/mol. The topological polar surface area (TPSA) is 74.1 Å². The number of rotatable bonds is 6. The first-order chi connectivity index (χ1) is 13.2. The number of fused-ring (bicyclic) bond motifs is 1. The molecule has 2 atom stereocenters. The van der Waals surface area contributed by atoms with Crippen LogP contribution in [0.2, 0.25) is 0 Å². The Bertz CT molecular complexity index is 685. The van der Waals surface area contributed by atoms with E-state index in [0.717, 1.165) is 24.5 Å². The number of carbonyl (C=O) groups excluding carboxylic acids is 1. The maximum absolute atomic E-state index is 12.9. The number of nitrogens with one attached hydrogen (secondary N) is 1. The van der Waals surface area contributed by atoms with Crippen LogP contribution >= 0.6 is 0 Å². The van der Waals surface area contributed by atoms with E-state index in [1.165, 1.54) is 0 Å². The highest BCUT2D eigenvalue weighted by molar-refractivity contribution is 6.01. The number of morpholine rings is 1. The largest absolute Gasteiger partial charge is 0.374 e. The van der Waals surface area contributed by atoms with Gasteiger partial charge in [0, 0.05) is 19.6 Å². The summed E-state index contributed by atoms with van der Waals surface area (Å²) in [6.07, 6.45) is -0.464. The molecule has 2 aliphatic rings. The second-order valence-corrected chi connectivity index (χ2v) is 8.78. The lowest BCUT2D eigenvalue weighted by Crippen LogP contribution is -2.74. The number of carbonyl (C=O) groups is 1. The molecule has 3 rings (SSSR count). The summed E-state index contributed by atoms with van der Waals surface area (Å²) >= 11 is 0. The normalized spacial score (nSPS) is 26.1. The summed E-state index contributed by atoms with van der Waals surface area (Å²) in [6, 6.07) is 7.86. The standard InChI is InChI=1S/C21H35N5O2/c1-15(2)13-24(14-16(3)4)21(5)20(22)25(10-11-28-21)26-18-9-7-6-8-17(18)23-12-19(26)27/h6-9,15-16,20,23H,10-14,22H2,1-5H3.